The Morgan fingerprint density at radius 1 is 1.20 bits per heavy atom. The molecule has 0 bridgehead atoms. The third-order valence-electron chi connectivity index (χ3n) is 5.39. The summed E-state index contributed by atoms with van der Waals surface area (Å²) in [6, 6.07) is 9.42. The Labute approximate surface area is 239 Å². The molecule has 1 aliphatic carbocycles. The number of hydrogen-bond acceptors (Lipinski definition) is 5. The minimum Gasteiger partial charge on any atom is -0.461 e. The summed E-state index contributed by atoms with van der Waals surface area (Å²) in [5, 5.41) is 0.746. The molecule has 1 aromatic carbocycles. The quantitative estimate of drug-likeness (QED) is 0.219. The van der Waals surface area contributed by atoms with Crippen LogP contribution in [0.2, 0.25) is 0 Å². The van der Waals surface area contributed by atoms with Crippen LogP contribution in [0.3, 0.4) is 0 Å². The average molecular weight is 763 g/mol. The van der Waals surface area contributed by atoms with Gasteiger partial charge in [0.2, 0.25) is 0 Å². The maximum atomic E-state index is 13.0. The van der Waals surface area contributed by atoms with Crippen LogP contribution in [-0.4, -0.2) is 33.8 Å². The van der Waals surface area contributed by atoms with Gasteiger partial charge < -0.3 is 21.9 Å². The molecule has 0 saturated carbocycles. The van der Waals surface area contributed by atoms with Crippen LogP contribution in [0.4, 0.5) is 4.79 Å². The van der Waals surface area contributed by atoms with Crippen molar-refractivity contribution in [1.82, 2.24) is 9.55 Å². The van der Waals surface area contributed by atoms with Crippen LogP contribution in [0.5, 0.6) is 0 Å². The van der Waals surface area contributed by atoms with Gasteiger partial charge in [0.15, 0.2) is 0 Å². The Morgan fingerprint density at radius 3 is 2.63 bits per heavy atom. The number of carbonyl (C=O) groups excluding carboxylic acids is 2. The van der Waals surface area contributed by atoms with Gasteiger partial charge in [-0.3, -0.25) is 0 Å². The van der Waals surface area contributed by atoms with Crippen molar-refractivity contribution >= 4 is 44.5 Å². The molecular weight excluding hydrogens is 734 g/mol. The number of carbonyl (C=O) groups is 2. The van der Waals surface area contributed by atoms with Crippen molar-refractivity contribution in [1.29, 1.82) is 0 Å². The number of aryl methyl sites for hydroxylation is 1. The maximum absolute atomic E-state index is 13.0. The minimum absolute atomic E-state index is 0. The van der Waals surface area contributed by atoms with E-state index in [1.54, 1.807) is 33.8 Å². The monoisotopic (exact) mass is 762 g/mol. The van der Waals surface area contributed by atoms with Gasteiger partial charge in [0.25, 0.3) is 0 Å². The van der Waals surface area contributed by atoms with Crippen molar-refractivity contribution < 1.29 is 50.2 Å². The van der Waals surface area contributed by atoms with E-state index < -0.39 is 17.7 Å². The Bertz CT molecular complexity index is 1270. The summed E-state index contributed by atoms with van der Waals surface area (Å²) >= 11 is 3.78. The van der Waals surface area contributed by atoms with Crippen LogP contribution >= 0.6 is 15.9 Å². The van der Waals surface area contributed by atoms with E-state index >= 15 is 0 Å². The van der Waals surface area contributed by atoms with Crippen molar-refractivity contribution in [2.45, 2.75) is 52.6 Å². The van der Waals surface area contributed by atoms with Crippen molar-refractivity contribution in [2.75, 3.05) is 6.61 Å². The van der Waals surface area contributed by atoms with Crippen LogP contribution in [0.1, 0.15) is 67.7 Å². The smallest absolute Gasteiger partial charge is 0.461 e. The number of nitrogens with zero attached hydrogens (tertiary/aromatic N) is 2. The Kier molecular flexibility index (Phi) is 9.98. The summed E-state index contributed by atoms with van der Waals surface area (Å²) in [7, 11) is 0. The molecule has 35 heavy (non-hydrogen) atoms. The van der Waals surface area contributed by atoms with E-state index in [1.807, 2.05) is 30.5 Å². The number of hydrogen-bond donors (Lipinski definition) is 0. The average Bonchev–Trinajstić information content (AvgIpc) is 3.04. The normalized spacial score (nSPS) is 13.3. The first-order chi connectivity index (χ1) is 15.7. The molecule has 0 atom stereocenters. The van der Waals surface area contributed by atoms with E-state index in [0.29, 0.717) is 5.52 Å². The van der Waals surface area contributed by atoms with Gasteiger partial charge >= 0.3 is 43.2 Å². The predicted molar refractivity (Wildman–Crippen MR) is 137 cm³/mol. The van der Waals surface area contributed by atoms with Crippen molar-refractivity contribution in [3.63, 3.8) is 0 Å². The molecule has 1 aliphatic rings. The molecule has 0 saturated heterocycles. The Morgan fingerprint density at radius 2 is 1.94 bits per heavy atom. The molecule has 0 spiro atoms. The van der Waals surface area contributed by atoms with Gasteiger partial charge in [0.1, 0.15) is 11.3 Å². The molecule has 6 nitrogen and oxygen atoms in total. The summed E-state index contributed by atoms with van der Waals surface area (Å²) in [6.45, 7) is 7.31. The molecule has 0 fully saturated rings. The van der Waals surface area contributed by atoms with Crippen molar-refractivity contribution in [3.05, 3.63) is 77.0 Å². The van der Waals surface area contributed by atoms with Gasteiger partial charge in [-0.2, -0.15) is 6.07 Å². The molecule has 0 unspecified atom stereocenters. The van der Waals surface area contributed by atoms with Gasteiger partial charge in [-0.15, -0.1) is 11.1 Å². The Hall–Kier alpha value is -1.88. The molecular formula is C27H29BrN2O4U. The third-order valence-corrected chi connectivity index (χ3v) is 6.18. The molecule has 4 rings (SSSR count). The third kappa shape index (κ3) is 6.28. The van der Waals surface area contributed by atoms with E-state index in [1.165, 1.54) is 10.1 Å². The summed E-state index contributed by atoms with van der Waals surface area (Å²) < 4.78 is 13.2. The molecule has 182 valence electrons. The summed E-state index contributed by atoms with van der Waals surface area (Å²) in [5.74, 6) is -0.568. The fourth-order valence-electron chi connectivity index (χ4n) is 4.06. The van der Waals surface area contributed by atoms with Crippen molar-refractivity contribution in [3.8, 4) is 0 Å². The summed E-state index contributed by atoms with van der Waals surface area (Å²) in [6.07, 6.45) is 7.06. The predicted octanol–water partition coefficient (Wildman–Crippen LogP) is 6.74. The zero-order valence-corrected chi connectivity index (χ0v) is 26.4. The largest absolute Gasteiger partial charge is 2.00 e. The number of esters is 1. The second-order valence-corrected chi connectivity index (χ2v) is 9.90. The van der Waals surface area contributed by atoms with E-state index in [0.717, 1.165) is 45.8 Å². The van der Waals surface area contributed by atoms with E-state index in [2.05, 4.69) is 27.1 Å². The topological polar surface area (TPSA) is 70.4 Å². The zero-order chi connectivity index (χ0) is 23.8. The molecule has 2 aromatic heterocycles. The maximum Gasteiger partial charge on any atom is 2.00 e. The number of pyridine rings is 1. The number of fused-ring (bicyclic) bond motifs is 2. The first-order valence-corrected chi connectivity index (χ1v) is 11.8. The van der Waals surface area contributed by atoms with Crippen LogP contribution in [0.25, 0.3) is 16.5 Å². The van der Waals surface area contributed by atoms with E-state index in [4.69, 9.17) is 9.47 Å². The number of allylic oxidation sites excluding steroid dienone is 1. The van der Waals surface area contributed by atoms with Gasteiger partial charge in [-0.05, 0) is 63.5 Å². The summed E-state index contributed by atoms with van der Waals surface area (Å²) in [4.78, 5) is 29.9. The standard InChI is InChI=1S/C26H26BrN2O4.CH3.U/c1-5-32-24(30)22-14-18-13-17(9-10-21(18)29(22)25(31)33-26(2,3)4)23-19-15-28-12-11-16(19)7-6-8-20(23)27;;/h9-11,13-15H,5-8H2,1-4H3;1H3;/q2*-1;+2. The van der Waals surface area contributed by atoms with Gasteiger partial charge in [0, 0.05) is 9.87 Å². The number of halogens is 1. The molecule has 0 amide bonds. The first-order valence-electron chi connectivity index (χ1n) is 11.0. The Balaban J connectivity index is 0.00000216. The van der Waals surface area contributed by atoms with Crippen LogP contribution < -0.4 is 0 Å². The molecule has 0 N–H and O–H groups in total. The number of rotatable bonds is 3. The fraction of sp³-hybridized carbons (Fsp3) is 0.333. The minimum atomic E-state index is -0.705. The van der Waals surface area contributed by atoms with Gasteiger partial charge in [-0.1, -0.05) is 47.2 Å². The van der Waals surface area contributed by atoms with Crippen LogP contribution in [-0.2, 0) is 15.9 Å². The fourth-order valence-corrected chi connectivity index (χ4v) is 4.78. The molecule has 8 heteroatoms. The van der Waals surface area contributed by atoms with Gasteiger partial charge in [0.05, 0.1) is 12.1 Å². The van der Waals surface area contributed by atoms with E-state index in [9.17, 15) is 9.59 Å². The number of aromatic nitrogens is 2. The van der Waals surface area contributed by atoms with Crippen LogP contribution in [0.15, 0.2) is 41.0 Å². The first kappa shape index (κ1) is 29.4. The molecule has 0 radical (unpaired) electrons. The second kappa shape index (κ2) is 11.9. The molecule has 3 aromatic rings. The second-order valence-electron chi connectivity index (χ2n) is 8.94. The van der Waals surface area contributed by atoms with E-state index in [-0.39, 0.29) is 50.8 Å². The molecule has 0 aliphatic heterocycles. The molecule has 2 heterocycles. The van der Waals surface area contributed by atoms with Gasteiger partial charge in [-0.25, -0.2) is 14.2 Å². The summed E-state index contributed by atoms with van der Waals surface area (Å²) in [5.41, 5.74) is 4.33. The number of benzene rings is 1. The zero-order valence-electron chi connectivity index (χ0n) is 20.7. The number of ether oxygens (including phenoxy) is 2. The van der Waals surface area contributed by atoms with Crippen molar-refractivity contribution in [2.24, 2.45) is 0 Å². The van der Waals surface area contributed by atoms with Crippen LogP contribution in [0, 0.1) is 44.7 Å². The SMILES string of the molecule is CCOC(=O)c1cc2cc(C3=C(Br)CCCc4c[c-]ncc43)ccc2n1C(=O)OC(C)(C)C.[CH3-].[U+2].